The van der Waals surface area contributed by atoms with Crippen molar-refractivity contribution in [3.63, 3.8) is 0 Å². The van der Waals surface area contributed by atoms with Crippen molar-refractivity contribution in [3.05, 3.63) is 10.4 Å². The van der Waals surface area contributed by atoms with E-state index in [4.69, 9.17) is 10.6 Å². The van der Waals surface area contributed by atoms with Crippen LogP contribution in [0.25, 0.3) is 10.4 Å². The second-order valence-electron chi connectivity index (χ2n) is 3.22. The van der Waals surface area contributed by atoms with E-state index in [2.05, 4.69) is 16.9 Å². The third-order valence-electron chi connectivity index (χ3n) is 2.05. The summed E-state index contributed by atoms with van der Waals surface area (Å²) >= 11 is 0. The van der Waals surface area contributed by atoms with E-state index < -0.39 is 0 Å². The average Bonchev–Trinajstić information content (AvgIpc) is 2.14. The monoisotopic (exact) mass is 185 g/mol. The minimum absolute atomic E-state index is 0.0868. The molecule has 0 spiro atoms. The Kier molecular flexibility index (Phi) is 8.83. The molecular weight excluding hydrogens is 166 g/mol. The molecule has 0 aromatic rings. The van der Waals surface area contributed by atoms with E-state index in [9.17, 15) is 0 Å². The number of azide groups is 1. The van der Waals surface area contributed by atoms with Crippen molar-refractivity contribution in [3.8, 4) is 0 Å². The molecule has 0 rings (SSSR count). The van der Waals surface area contributed by atoms with Crippen LogP contribution in [0.3, 0.4) is 0 Å². The standard InChI is InChI=1S/C9H19N3O/c1-2-3-4-6-9(11-12-10)7-5-8-13/h9,13H,2-8H2,1H3/t9-/m1/s1. The summed E-state index contributed by atoms with van der Waals surface area (Å²) in [7, 11) is 0. The number of hydrogen-bond acceptors (Lipinski definition) is 2. The van der Waals surface area contributed by atoms with Crippen molar-refractivity contribution < 1.29 is 5.11 Å². The highest BCUT2D eigenvalue weighted by Gasteiger charge is 2.04. The molecule has 0 aliphatic carbocycles. The summed E-state index contributed by atoms with van der Waals surface area (Å²) in [6.45, 7) is 2.33. The van der Waals surface area contributed by atoms with Crippen LogP contribution in [0.1, 0.15) is 45.4 Å². The molecule has 0 bridgehead atoms. The molecule has 0 radical (unpaired) electrons. The third-order valence-corrected chi connectivity index (χ3v) is 2.05. The molecule has 0 saturated carbocycles. The van der Waals surface area contributed by atoms with Gasteiger partial charge < -0.3 is 5.11 Å². The zero-order chi connectivity index (χ0) is 9.94. The van der Waals surface area contributed by atoms with Gasteiger partial charge >= 0.3 is 0 Å². The summed E-state index contributed by atoms with van der Waals surface area (Å²) in [4.78, 5) is 2.81. The van der Waals surface area contributed by atoms with Crippen LogP contribution < -0.4 is 0 Å². The summed E-state index contributed by atoms with van der Waals surface area (Å²) < 4.78 is 0. The number of aliphatic hydroxyl groups excluding tert-OH is 1. The molecule has 0 unspecified atom stereocenters. The lowest BCUT2D eigenvalue weighted by molar-refractivity contribution is 0.278. The lowest BCUT2D eigenvalue weighted by Gasteiger charge is -2.08. The first-order chi connectivity index (χ1) is 6.35. The Balaban J connectivity index is 3.60. The smallest absolute Gasteiger partial charge is 0.0431 e. The van der Waals surface area contributed by atoms with Gasteiger partial charge in [0.1, 0.15) is 0 Å². The van der Waals surface area contributed by atoms with E-state index in [1.807, 2.05) is 0 Å². The van der Waals surface area contributed by atoms with Crippen molar-refractivity contribution in [2.45, 2.75) is 51.5 Å². The Morgan fingerprint density at radius 1 is 1.31 bits per heavy atom. The summed E-state index contributed by atoms with van der Waals surface area (Å²) in [5.74, 6) is 0. The minimum atomic E-state index is 0.0868. The predicted molar refractivity (Wildman–Crippen MR) is 53.4 cm³/mol. The largest absolute Gasteiger partial charge is 0.396 e. The molecule has 0 aromatic carbocycles. The SMILES string of the molecule is CCCCC[C@H](CCCO)N=[N+]=[N-]. The van der Waals surface area contributed by atoms with Crippen LogP contribution in [0.15, 0.2) is 5.11 Å². The minimum Gasteiger partial charge on any atom is -0.396 e. The van der Waals surface area contributed by atoms with Gasteiger partial charge in [0.15, 0.2) is 0 Å². The summed E-state index contributed by atoms with van der Waals surface area (Å²) in [5.41, 5.74) is 8.29. The highest BCUT2D eigenvalue weighted by atomic mass is 16.2. The van der Waals surface area contributed by atoms with Gasteiger partial charge in [-0.15, -0.1) is 0 Å². The molecule has 76 valence electrons. The van der Waals surface area contributed by atoms with Gasteiger partial charge in [0.05, 0.1) is 0 Å². The molecular formula is C9H19N3O. The van der Waals surface area contributed by atoms with Crippen LogP contribution >= 0.6 is 0 Å². The molecule has 0 heterocycles. The van der Waals surface area contributed by atoms with E-state index in [1.54, 1.807) is 0 Å². The zero-order valence-electron chi connectivity index (χ0n) is 8.32. The lowest BCUT2D eigenvalue weighted by atomic mass is 10.1. The molecule has 0 aliphatic heterocycles. The Hall–Kier alpha value is -0.730. The fourth-order valence-electron chi connectivity index (χ4n) is 1.29. The normalized spacial score (nSPS) is 12.2. The lowest BCUT2D eigenvalue weighted by Crippen LogP contribution is -2.04. The molecule has 1 atom stereocenters. The number of aliphatic hydroxyl groups is 1. The van der Waals surface area contributed by atoms with Gasteiger partial charge in [-0.2, -0.15) is 0 Å². The first kappa shape index (κ1) is 12.3. The fraction of sp³-hybridized carbons (Fsp3) is 1.00. The maximum absolute atomic E-state index is 8.62. The van der Waals surface area contributed by atoms with Crippen molar-refractivity contribution >= 4 is 0 Å². The van der Waals surface area contributed by atoms with Gasteiger partial charge in [0.25, 0.3) is 0 Å². The summed E-state index contributed by atoms with van der Waals surface area (Å²) in [6.07, 6.45) is 5.99. The van der Waals surface area contributed by atoms with Crippen molar-refractivity contribution in [2.24, 2.45) is 5.11 Å². The summed E-state index contributed by atoms with van der Waals surface area (Å²) in [6, 6.07) is 0.0868. The second kappa shape index (κ2) is 9.36. The van der Waals surface area contributed by atoms with Crippen molar-refractivity contribution in [2.75, 3.05) is 6.61 Å². The molecule has 0 aromatic heterocycles. The average molecular weight is 185 g/mol. The number of nitrogens with zero attached hydrogens (tertiary/aromatic N) is 3. The van der Waals surface area contributed by atoms with E-state index >= 15 is 0 Å². The summed E-state index contributed by atoms with van der Waals surface area (Å²) in [5, 5.41) is 12.3. The molecule has 4 nitrogen and oxygen atoms in total. The van der Waals surface area contributed by atoms with E-state index in [0.29, 0.717) is 0 Å². The maximum atomic E-state index is 8.62. The topological polar surface area (TPSA) is 69.0 Å². The molecule has 13 heavy (non-hydrogen) atoms. The van der Waals surface area contributed by atoms with Gasteiger partial charge in [0, 0.05) is 17.6 Å². The van der Waals surface area contributed by atoms with Crippen LogP contribution in [0.5, 0.6) is 0 Å². The molecule has 0 saturated heterocycles. The Labute approximate surface area is 79.6 Å². The second-order valence-corrected chi connectivity index (χ2v) is 3.22. The molecule has 4 heteroatoms. The predicted octanol–water partition coefficient (Wildman–Crippen LogP) is 3.02. The number of hydrogen-bond donors (Lipinski definition) is 1. The third kappa shape index (κ3) is 7.62. The van der Waals surface area contributed by atoms with Crippen LogP contribution in [0, 0.1) is 0 Å². The number of rotatable bonds is 8. The van der Waals surface area contributed by atoms with Crippen LogP contribution in [-0.2, 0) is 0 Å². The molecule has 1 N–H and O–H groups in total. The quantitative estimate of drug-likeness (QED) is 0.268. The highest BCUT2D eigenvalue weighted by molar-refractivity contribution is 4.66. The first-order valence-corrected chi connectivity index (χ1v) is 5.00. The van der Waals surface area contributed by atoms with E-state index in [0.717, 1.165) is 25.7 Å². The Bertz CT molecular complexity index is 155. The van der Waals surface area contributed by atoms with Gasteiger partial charge in [-0.25, -0.2) is 0 Å². The van der Waals surface area contributed by atoms with Crippen molar-refractivity contribution in [1.29, 1.82) is 0 Å². The first-order valence-electron chi connectivity index (χ1n) is 5.00. The molecule has 0 aliphatic rings. The van der Waals surface area contributed by atoms with Crippen LogP contribution in [-0.4, -0.2) is 17.8 Å². The van der Waals surface area contributed by atoms with Gasteiger partial charge in [-0.05, 0) is 24.8 Å². The van der Waals surface area contributed by atoms with Gasteiger partial charge in [0.2, 0.25) is 0 Å². The molecule has 0 fully saturated rings. The van der Waals surface area contributed by atoms with Gasteiger partial charge in [-0.3, -0.25) is 0 Å². The fourth-order valence-corrected chi connectivity index (χ4v) is 1.29. The van der Waals surface area contributed by atoms with E-state index in [1.165, 1.54) is 12.8 Å². The molecule has 0 amide bonds. The Morgan fingerprint density at radius 3 is 2.54 bits per heavy atom. The zero-order valence-corrected chi connectivity index (χ0v) is 8.32. The highest BCUT2D eigenvalue weighted by Crippen LogP contribution is 2.11. The van der Waals surface area contributed by atoms with Crippen LogP contribution in [0.4, 0.5) is 0 Å². The van der Waals surface area contributed by atoms with Crippen LogP contribution in [0.2, 0.25) is 0 Å². The van der Waals surface area contributed by atoms with Crippen molar-refractivity contribution in [1.82, 2.24) is 0 Å². The Morgan fingerprint density at radius 2 is 2.00 bits per heavy atom. The van der Waals surface area contributed by atoms with Gasteiger partial charge in [-0.1, -0.05) is 31.3 Å². The maximum Gasteiger partial charge on any atom is 0.0431 e. The number of unbranched alkanes of at least 4 members (excludes halogenated alkanes) is 2. The van der Waals surface area contributed by atoms with E-state index in [-0.39, 0.29) is 12.6 Å².